The van der Waals surface area contributed by atoms with Crippen molar-refractivity contribution in [1.29, 1.82) is 0 Å². The van der Waals surface area contributed by atoms with Gasteiger partial charge in [-0.05, 0) is 19.8 Å². The van der Waals surface area contributed by atoms with E-state index in [0.29, 0.717) is 5.78 Å². The van der Waals surface area contributed by atoms with Gasteiger partial charge in [0.1, 0.15) is 6.10 Å². The van der Waals surface area contributed by atoms with Gasteiger partial charge in [0, 0.05) is 6.42 Å². The van der Waals surface area contributed by atoms with Crippen LogP contribution in [-0.4, -0.2) is 17.5 Å². The summed E-state index contributed by atoms with van der Waals surface area (Å²) < 4.78 is 5.23. The predicted octanol–water partition coefficient (Wildman–Crippen LogP) is 0.897. The number of hydrogen-bond donors (Lipinski definition) is 0. The fraction of sp³-hybridized carbons (Fsp3) is 0.857. The fourth-order valence-electron chi connectivity index (χ4n) is 1.58. The SMILES string of the molecule is CC12CCCC(=O)C1O2. The highest BCUT2D eigenvalue weighted by Crippen LogP contribution is 2.45. The van der Waals surface area contributed by atoms with E-state index in [9.17, 15) is 4.79 Å². The van der Waals surface area contributed by atoms with Crippen LogP contribution in [0.5, 0.6) is 0 Å². The standard InChI is InChI=1S/C7H10O2/c1-7-4-2-3-5(8)6(7)9-7/h6H,2-4H2,1H3. The van der Waals surface area contributed by atoms with Crippen LogP contribution in [0.1, 0.15) is 26.2 Å². The molecule has 0 amide bonds. The van der Waals surface area contributed by atoms with Crippen LogP contribution in [0.25, 0.3) is 0 Å². The van der Waals surface area contributed by atoms with Crippen molar-refractivity contribution in [3.8, 4) is 0 Å². The van der Waals surface area contributed by atoms with Crippen LogP contribution < -0.4 is 0 Å². The van der Waals surface area contributed by atoms with Crippen LogP contribution in [0.4, 0.5) is 0 Å². The molecular formula is C7H10O2. The lowest BCUT2D eigenvalue weighted by Gasteiger charge is -2.09. The van der Waals surface area contributed by atoms with Gasteiger partial charge in [-0.2, -0.15) is 0 Å². The maximum absolute atomic E-state index is 10.9. The molecule has 0 N–H and O–H groups in total. The average Bonchev–Trinajstić information content (AvgIpc) is 2.43. The van der Waals surface area contributed by atoms with E-state index in [0.717, 1.165) is 19.3 Å². The van der Waals surface area contributed by atoms with E-state index in [1.54, 1.807) is 0 Å². The zero-order valence-corrected chi connectivity index (χ0v) is 5.52. The summed E-state index contributed by atoms with van der Waals surface area (Å²) in [5.41, 5.74) is -0.0324. The maximum atomic E-state index is 10.9. The first-order valence-corrected chi connectivity index (χ1v) is 3.43. The molecule has 1 saturated heterocycles. The van der Waals surface area contributed by atoms with Crippen molar-refractivity contribution in [3.63, 3.8) is 0 Å². The molecule has 0 radical (unpaired) electrons. The van der Waals surface area contributed by atoms with Crippen molar-refractivity contribution in [2.45, 2.75) is 37.9 Å². The van der Waals surface area contributed by atoms with Gasteiger partial charge in [0.25, 0.3) is 0 Å². The summed E-state index contributed by atoms with van der Waals surface area (Å²) in [6, 6.07) is 0. The second kappa shape index (κ2) is 1.37. The molecule has 1 saturated carbocycles. The third-order valence-corrected chi connectivity index (χ3v) is 2.27. The number of fused-ring (bicyclic) bond motifs is 1. The van der Waals surface area contributed by atoms with Crippen molar-refractivity contribution < 1.29 is 9.53 Å². The van der Waals surface area contributed by atoms with Crippen molar-refractivity contribution in [2.75, 3.05) is 0 Å². The minimum absolute atomic E-state index is 0.0220. The second-order valence-electron chi connectivity index (χ2n) is 3.13. The van der Waals surface area contributed by atoms with E-state index >= 15 is 0 Å². The van der Waals surface area contributed by atoms with E-state index < -0.39 is 0 Å². The van der Waals surface area contributed by atoms with Crippen molar-refractivity contribution in [2.24, 2.45) is 0 Å². The number of hydrogen-bond acceptors (Lipinski definition) is 2. The minimum atomic E-state index is -0.0324. The number of Topliss-reactive ketones (excluding diaryl/α,β-unsaturated/α-hetero) is 1. The average molecular weight is 126 g/mol. The molecule has 2 heteroatoms. The highest BCUT2D eigenvalue weighted by atomic mass is 16.6. The number of epoxide rings is 1. The van der Waals surface area contributed by atoms with Crippen LogP contribution in [0.15, 0.2) is 0 Å². The molecule has 2 nitrogen and oxygen atoms in total. The number of ether oxygens (including phenoxy) is 1. The van der Waals surface area contributed by atoms with E-state index in [4.69, 9.17) is 4.74 Å². The summed E-state index contributed by atoms with van der Waals surface area (Å²) in [6.45, 7) is 2.02. The Balaban J connectivity index is 2.16. The molecule has 0 aromatic carbocycles. The van der Waals surface area contributed by atoms with E-state index in [1.165, 1.54) is 0 Å². The summed E-state index contributed by atoms with van der Waals surface area (Å²) in [5.74, 6) is 0.309. The Morgan fingerprint density at radius 2 is 2.56 bits per heavy atom. The second-order valence-corrected chi connectivity index (χ2v) is 3.13. The Morgan fingerprint density at radius 3 is 3.11 bits per heavy atom. The van der Waals surface area contributed by atoms with Gasteiger partial charge in [0.15, 0.2) is 5.78 Å². The molecule has 9 heavy (non-hydrogen) atoms. The Hall–Kier alpha value is -0.370. The topological polar surface area (TPSA) is 29.6 Å². The first-order valence-electron chi connectivity index (χ1n) is 3.43. The smallest absolute Gasteiger partial charge is 0.164 e. The lowest BCUT2D eigenvalue weighted by atomic mass is 9.90. The molecule has 0 spiro atoms. The molecule has 50 valence electrons. The van der Waals surface area contributed by atoms with Gasteiger partial charge in [-0.3, -0.25) is 4.79 Å². The quantitative estimate of drug-likeness (QED) is 0.451. The Bertz CT molecular complexity index is 164. The molecule has 0 bridgehead atoms. The third kappa shape index (κ3) is 0.628. The number of carbonyl (C=O) groups excluding carboxylic acids is 1. The van der Waals surface area contributed by atoms with Gasteiger partial charge in [0.05, 0.1) is 5.60 Å². The lowest BCUT2D eigenvalue weighted by Crippen LogP contribution is -2.22. The number of ketones is 1. The molecule has 0 aromatic heterocycles. The van der Waals surface area contributed by atoms with Crippen LogP contribution in [-0.2, 0) is 9.53 Å². The third-order valence-electron chi connectivity index (χ3n) is 2.27. The molecule has 2 rings (SSSR count). The van der Waals surface area contributed by atoms with Crippen molar-refractivity contribution in [1.82, 2.24) is 0 Å². The Kier molecular flexibility index (Phi) is 0.826. The van der Waals surface area contributed by atoms with Gasteiger partial charge >= 0.3 is 0 Å². The van der Waals surface area contributed by atoms with Gasteiger partial charge in [-0.15, -0.1) is 0 Å². The zero-order valence-electron chi connectivity index (χ0n) is 5.52. The normalized spacial score (nSPS) is 48.6. The fourth-order valence-corrected chi connectivity index (χ4v) is 1.58. The summed E-state index contributed by atoms with van der Waals surface area (Å²) >= 11 is 0. The predicted molar refractivity (Wildman–Crippen MR) is 32.1 cm³/mol. The monoisotopic (exact) mass is 126 g/mol. The highest BCUT2D eigenvalue weighted by molar-refractivity contribution is 5.87. The Morgan fingerprint density at radius 1 is 1.78 bits per heavy atom. The first-order chi connectivity index (χ1) is 4.22. The number of carbonyl (C=O) groups is 1. The molecule has 2 atom stereocenters. The van der Waals surface area contributed by atoms with Gasteiger partial charge in [-0.25, -0.2) is 0 Å². The minimum Gasteiger partial charge on any atom is -0.358 e. The van der Waals surface area contributed by atoms with Crippen LogP contribution in [0.2, 0.25) is 0 Å². The molecule has 1 heterocycles. The first kappa shape index (κ1) is 5.42. The van der Waals surface area contributed by atoms with E-state index in [2.05, 4.69) is 0 Å². The van der Waals surface area contributed by atoms with Crippen LogP contribution >= 0.6 is 0 Å². The van der Waals surface area contributed by atoms with E-state index in [1.807, 2.05) is 6.92 Å². The molecule has 2 aliphatic rings. The molecule has 1 aliphatic heterocycles. The largest absolute Gasteiger partial charge is 0.358 e. The molecule has 0 aromatic rings. The van der Waals surface area contributed by atoms with Crippen LogP contribution in [0, 0.1) is 0 Å². The summed E-state index contributed by atoms with van der Waals surface area (Å²) in [4.78, 5) is 10.9. The summed E-state index contributed by atoms with van der Waals surface area (Å²) in [6.07, 6.45) is 2.81. The maximum Gasteiger partial charge on any atom is 0.164 e. The lowest BCUT2D eigenvalue weighted by molar-refractivity contribution is -0.120. The molecule has 2 fully saturated rings. The van der Waals surface area contributed by atoms with Gasteiger partial charge in [-0.1, -0.05) is 0 Å². The Labute approximate surface area is 54.2 Å². The molecule has 2 unspecified atom stereocenters. The highest BCUT2D eigenvalue weighted by Gasteiger charge is 2.57. The summed E-state index contributed by atoms with van der Waals surface area (Å²) in [7, 11) is 0. The van der Waals surface area contributed by atoms with Gasteiger partial charge in [0.2, 0.25) is 0 Å². The van der Waals surface area contributed by atoms with Crippen molar-refractivity contribution in [3.05, 3.63) is 0 Å². The van der Waals surface area contributed by atoms with Gasteiger partial charge < -0.3 is 4.74 Å². The molecular weight excluding hydrogens is 116 g/mol. The van der Waals surface area contributed by atoms with Crippen molar-refractivity contribution >= 4 is 5.78 Å². The number of rotatable bonds is 0. The molecule has 1 aliphatic carbocycles. The zero-order chi connectivity index (χ0) is 6.48. The van der Waals surface area contributed by atoms with Crippen LogP contribution in [0.3, 0.4) is 0 Å². The summed E-state index contributed by atoms with van der Waals surface area (Å²) in [5, 5.41) is 0. The van der Waals surface area contributed by atoms with E-state index in [-0.39, 0.29) is 11.7 Å².